The van der Waals surface area contributed by atoms with E-state index in [4.69, 9.17) is 9.47 Å². The number of nitrogens with zero attached hydrogens (tertiary/aromatic N) is 2. The lowest BCUT2D eigenvalue weighted by Crippen LogP contribution is -2.08. The molecule has 3 rings (SSSR count). The van der Waals surface area contributed by atoms with E-state index >= 15 is 0 Å². The molecule has 0 fully saturated rings. The summed E-state index contributed by atoms with van der Waals surface area (Å²) < 4.78 is 12.2. The molecule has 6 heteroatoms. The molecule has 0 spiro atoms. The maximum Gasteiger partial charge on any atom is 0.360 e. The van der Waals surface area contributed by atoms with Crippen molar-refractivity contribution in [3.8, 4) is 11.5 Å². The Morgan fingerprint density at radius 1 is 1.29 bits per heavy atom. The van der Waals surface area contributed by atoms with Gasteiger partial charge in [0.15, 0.2) is 11.4 Å². The Kier molecular flexibility index (Phi) is 4.37. The van der Waals surface area contributed by atoms with Crippen LogP contribution in [0.5, 0.6) is 11.5 Å². The molecule has 0 amide bonds. The summed E-state index contributed by atoms with van der Waals surface area (Å²) in [5.41, 5.74) is 1.66. The molecule has 24 heavy (non-hydrogen) atoms. The Balaban J connectivity index is 1.99. The number of hydrogen-bond donors (Lipinski definition) is 1. The van der Waals surface area contributed by atoms with Crippen molar-refractivity contribution < 1.29 is 19.4 Å². The fourth-order valence-corrected chi connectivity index (χ4v) is 2.65. The average Bonchev–Trinajstić information content (AvgIpc) is 3.00. The van der Waals surface area contributed by atoms with Crippen molar-refractivity contribution in [3.63, 3.8) is 0 Å². The molecule has 0 aliphatic rings. The molecule has 0 unspecified atom stereocenters. The first-order chi connectivity index (χ1) is 11.7. The van der Waals surface area contributed by atoms with Crippen LogP contribution in [0.2, 0.25) is 0 Å². The Morgan fingerprint density at radius 3 is 2.83 bits per heavy atom. The molecule has 124 valence electrons. The lowest BCUT2D eigenvalue weighted by molar-refractivity contribution is 0.0516. The summed E-state index contributed by atoms with van der Waals surface area (Å²) >= 11 is 0. The number of ether oxygens (including phenoxy) is 2. The number of benzene rings is 1. The van der Waals surface area contributed by atoms with Crippen molar-refractivity contribution >= 4 is 16.9 Å². The molecule has 0 saturated heterocycles. The highest BCUT2D eigenvalue weighted by Gasteiger charge is 2.18. The zero-order valence-electron chi connectivity index (χ0n) is 13.5. The second-order valence-electron chi connectivity index (χ2n) is 5.23. The number of aromatic hydroxyl groups is 1. The van der Waals surface area contributed by atoms with Crippen molar-refractivity contribution in [3.05, 3.63) is 54.0 Å². The number of esters is 1. The highest BCUT2D eigenvalue weighted by Crippen LogP contribution is 2.29. The van der Waals surface area contributed by atoms with Crippen LogP contribution in [-0.4, -0.2) is 34.3 Å². The van der Waals surface area contributed by atoms with E-state index in [1.807, 2.05) is 35.0 Å². The molecule has 2 aromatic heterocycles. The third-order valence-electron chi connectivity index (χ3n) is 3.80. The van der Waals surface area contributed by atoms with Crippen LogP contribution in [0.1, 0.15) is 23.0 Å². The number of aromatic nitrogens is 2. The van der Waals surface area contributed by atoms with E-state index in [2.05, 4.69) is 4.98 Å². The Morgan fingerprint density at radius 2 is 2.08 bits per heavy atom. The fourth-order valence-electron chi connectivity index (χ4n) is 2.65. The molecule has 2 heterocycles. The predicted molar refractivity (Wildman–Crippen MR) is 89.5 cm³/mol. The molecule has 0 saturated carbocycles. The van der Waals surface area contributed by atoms with Crippen LogP contribution in [0.25, 0.3) is 10.9 Å². The largest absolute Gasteiger partial charge is 0.505 e. The van der Waals surface area contributed by atoms with Gasteiger partial charge in [-0.25, -0.2) is 9.78 Å². The second kappa shape index (κ2) is 6.62. The number of pyridine rings is 1. The van der Waals surface area contributed by atoms with E-state index in [1.165, 1.54) is 0 Å². The summed E-state index contributed by atoms with van der Waals surface area (Å²) in [4.78, 5) is 15.9. The smallest absolute Gasteiger partial charge is 0.360 e. The van der Waals surface area contributed by atoms with E-state index in [0.29, 0.717) is 11.9 Å². The van der Waals surface area contributed by atoms with Gasteiger partial charge < -0.3 is 19.1 Å². The zero-order chi connectivity index (χ0) is 17.1. The molecule has 0 atom stereocenters. The van der Waals surface area contributed by atoms with Gasteiger partial charge in [0.1, 0.15) is 5.75 Å². The molecular formula is C18H18N2O4. The Labute approximate surface area is 139 Å². The molecule has 6 nitrogen and oxygen atoms in total. The van der Waals surface area contributed by atoms with Gasteiger partial charge in [0, 0.05) is 17.1 Å². The van der Waals surface area contributed by atoms with Crippen LogP contribution in [0, 0.1) is 0 Å². The number of methoxy groups -OCH3 is 1. The van der Waals surface area contributed by atoms with Crippen LogP contribution in [0.3, 0.4) is 0 Å². The number of fused-ring (bicyclic) bond motifs is 1. The van der Waals surface area contributed by atoms with E-state index in [9.17, 15) is 9.90 Å². The van der Waals surface area contributed by atoms with E-state index in [0.717, 1.165) is 16.8 Å². The van der Waals surface area contributed by atoms with Gasteiger partial charge in [-0.05, 0) is 19.1 Å². The highest BCUT2D eigenvalue weighted by molar-refractivity contribution is 5.98. The van der Waals surface area contributed by atoms with Gasteiger partial charge in [-0.2, -0.15) is 0 Å². The Hall–Kier alpha value is -3.02. The van der Waals surface area contributed by atoms with Crippen molar-refractivity contribution in [1.82, 2.24) is 9.55 Å². The maximum absolute atomic E-state index is 11.8. The molecule has 0 bridgehead atoms. The topological polar surface area (TPSA) is 73.6 Å². The average molecular weight is 326 g/mol. The highest BCUT2D eigenvalue weighted by atomic mass is 16.5. The first-order valence-electron chi connectivity index (χ1n) is 7.61. The maximum atomic E-state index is 11.8. The number of para-hydroxylation sites is 1. The first-order valence-corrected chi connectivity index (χ1v) is 7.61. The number of rotatable bonds is 5. The lowest BCUT2D eigenvalue weighted by atomic mass is 10.2. The second-order valence-corrected chi connectivity index (χ2v) is 5.23. The number of hydrogen-bond acceptors (Lipinski definition) is 5. The van der Waals surface area contributed by atoms with Crippen molar-refractivity contribution in [1.29, 1.82) is 0 Å². The van der Waals surface area contributed by atoms with Crippen molar-refractivity contribution in [2.75, 3.05) is 13.7 Å². The monoisotopic (exact) mass is 326 g/mol. The lowest BCUT2D eigenvalue weighted by Gasteiger charge is -2.10. The zero-order valence-corrected chi connectivity index (χ0v) is 13.5. The summed E-state index contributed by atoms with van der Waals surface area (Å²) in [6.45, 7) is 2.50. The van der Waals surface area contributed by atoms with Gasteiger partial charge in [0.05, 0.1) is 32.0 Å². The third-order valence-corrected chi connectivity index (χ3v) is 3.80. The first kappa shape index (κ1) is 15.9. The van der Waals surface area contributed by atoms with Crippen LogP contribution in [0.4, 0.5) is 0 Å². The number of carbonyl (C=O) groups excluding carboxylic acids is 1. The number of carbonyl (C=O) groups is 1. The molecule has 0 radical (unpaired) electrons. The summed E-state index contributed by atoms with van der Waals surface area (Å²) in [5.74, 6) is -0.00113. The van der Waals surface area contributed by atoms with E-state index in [1.54, 1.807) is 26.3 Å². The Bertz CT molecular complexity index is 886. The molecular weight excluding hydrogens is 308 g/mol. The van der Waals surface area contributed by atoms with Crippen molar-refractivity contribution in [2.24, 2.45) is 0 Å². The molecule has 1 N–H and O–H groups in total. The van der Waals surface area contributed by atoms with Gasteiger partial charge in [-0.15, -0.1) is 0 Å². The van der Waals surface area contributed by atoms with E-state index in [-0.39, 0.29) is 18.1 Å². The van der Waals surface area contributed by atoms with Crippen molar-refractivity contribution in [2.45, 2.75) is 13.5 Å². The van der Waals surface area contributed by atoms with Crippen LogP contribution >= 0.6 is 0 Å². The summed E-state index contributed by atoms with van der Waals surface area (Å²) in [5, 5.41) is 10.9. The summed E-state index contributed by atoms with van der Waals surface area (Å²) in [6.07, 6.45) is 3.41. The predicted octanol–water partition coefficient (Wildman–Crippen LogP) is 2.98. The molecule has 0 aliphatic carbocycles. The normalized spacial score (nSPS) is 10.8. The minimum atomic E-state index is -0.630. The minimum absolute atomic E-state index is 0.0700. The van der Waals surface area contributed by atoms with Gasteiger partial charge >= 0.3 is 5.97 Å². The van der Waals surface area contributed by atoms with Gasteiger partial charge in [0.25, 0.3) is 0 Å². The van der Waals surface area contributed by atoms with Gasteiger partial charge in [0.2, 0.25) is 0 Å². The SMILES string of the molecule is CCOC(=O)c1ncc2c(ccn2Cc2ccccc2OC)c1O. The fraction of sp³-hybridized carbons (Fsp3) is 0.222. The minimum Gasteiger partial charge on any atom is -0.505 e. The third kappa shape index (κ3) is 2.78. The van der Waals surface area contributed by atoms with E-state index < -0.39 is 5.97 Å². The standard InChI is InChI=1S/C18H18N2O4/c1-3-24-18(22)16-17(21)13-8-9-20(14(13)10-19-16)11-12-6-4-5-7-15(12)23-2/h4-10,21H,3,11H2,1-2H3. The molecule has 3 aromatic rings. The molecule has 0 aliphatic heterocycles. The van der Waals surface area contributed by atoms with Gasteiger partial charge in [-0.3, -0.25) is 0 Å². The summed E-state index contributed by atoms with van der Waals surface area (Å²) in [7, 11) is 1.63. The van der Waals surface area contributed by atoms with Crippen LogP contribution < -0.4 is 4.74 Å². The molecule has 1 aromatic carbocycles. The van der Waals surface area contributed by atoms with Crippen LogP contribution in [-0.2, 0) is 11.3 Å². The quantitative estimate of drug-likeness (QED) is 0.730. The summed E-state index contributed by atoms with van der Waals surface area (Å²) in [6, 6.07) is 9.48. The van der Waals surface area contributed by atoms with Crippen LogP contribution in [0.15, 0.2) is 42.7 Å². The van der Waals surface area contributed by atoms with Gasteiger partial charge in [-0.1, -0.05) is 18.2 Å².